The second kappa shape index (κ2) is 7.70. The molecule has 1 aromatic carbocycles. The zero-order valence-electron chi connectivity index (χ0n) is 14.8. The summed E-state index contributed by atoms with van der Waals surface area (Å²) in [5, 5.41) is 0. The highest BCUT2D eigenvalue weighted by atomic mass is 19.1. The van der Waals surface area contributed by atoms with E-state index in [1.807, 2.05) is 0 Å². The van der Waals surface area contributed by atoms with E-state index >= 15 is 0 Å². The van der Waals surface area contributed by atoms with Gasteiger partial charge in [-0.25, -0.2) is 9.37 Å². The van der Waals surface area contributed by atoms with Gasteiger partial charge >= 0.3 is 0 Å². The lowest BCUT2D eigenvalue weighted by atomic mass is 10.0. The molecule has 1 aliphatic rings. The molecule has 1 aliphatic heterocycles. The number of aromatic nitrogens is 2. The topological polar surface area (TPSA) is 59.2 Å². The van der Waals surface area contributed by atoms with Gasteiger partial charge in [0.1, 0.15) is 23.3 Å². The van der Waals surface area contributed by atoms with Crippen LogP contribution in [0.3, 0.4) is 0 Å². The smallest absolute Gasteiger partial charge is 0.273 e. The minimum Gasteiger partial charge on any atom is -0.443 e. The number of halogens is 1. The Bertz CT molecular complexity index is 926. The predicted molar refractivity (Wildman–Crippen MR) is 97.6 cm³/mol. The molecule has 6 heteroatoms. The van der Waals surface area contributed by atoms with Gasteiger partial charge in [-0.15, -0.1) is 0 Å². The summed E-state index contributed by atoms with van der Waals surface area (Å²) in [6.07, 6.45) is 6.31. The van der Waals surface area contributed by atoms with E-state index in [0.29, 0.717) is 35.9 Å². The largest absolute Gasteiger partial charge is 0.443 e. The number of hydrogen-bond acceptors (Lipinski definition) is 4. The first kappa shape index (κ1) is 17.4. The Kier molecular flexibility index (Phi) is 4.96. The number of carbonyl (C=O) groups excluding carboxylic acids is 1. The number of oxazole rings is 1. The van der Waals surface area contributed by atoms with E-state index < -0.39 is 0 Å². The number of nitrogens with zero attached hydrogens (tertiary/aromatic N) is 3. The van der Waals surface area contributed by atoms with E-state index in [2.05, 4.69) is 9.97 Å². The third-order valence-electron chi connectivity index (χ3n) is 4.83. The molecule has 0 N–H and O–H groups in total. The molecule has 3 heterocycles. The summed E-state index contributed by atoms with van der Waals surface area (Å²) >= 11 is 0. The van der Waals surface area contributed by atoms with E-state index in [-0.39, 0.29) is 17.8 Å². The number of amides is 1. The number of piperidine rings is 1. The van der Waals surface area contributed by atoms with Gasteiger partial charge in [0.15, 0.2) is 0 Å². The third-order valence-corrected chi connectivity index (χ3v) is 4.83. The van der Waals surface area contributed by atoms with Crippen molar-refractivity contribution in [1.29, 1.82) is 0 Å². The van der Waals surface area contributed by atoms with Gasteiger partial charge in [0.2, 0.25) is 5.89 Å². The van der Waals surface area contributed by atoms with Crippen LogP contribution in [0.25, 0.3) is 0 Å². The Morgan fingerprint density at radius 3 is 2.81 bits per heavy atom. The molecule has 0 aliphatic carbocycles. The van der Waals surface area contributed by atoms with Crippen molar-refractivity contribution in [3.63, 3.8) is 0 Å². The van der Waals surface area contributed by atoms with Gasteiger partial charge in [0.25, 0.3) is 5.91 Å². The SMILES string of the molecule is O=C(c1ccccn1)N1CCCC[C@H]1c1ncc(Cc2ccccc2F)o1. The highest BCUT2D eigenvalue weighted by Crippen LogP contribution is 2.32. The van der Waals surface area contributed by atoms with E-state index in [0.717, 1.165) is 19.3 Å². The second-order valence-corrected chi connectivity index (χ2v) is 6.66. The maximum absolute atomic E-state index is 13.9. The molecule has 4 rings (SSSR count). The summed E-state index contributed by atoms with van der Waals surface area (Å²) in [6.45, 7) is 0.644. The molecule has 5 nitrogen and oxygen atoms in total. The van der Waals surface area contributed by atoms with Crippen molar-refractivity contribution < 1.29 is 13.6 Å². The van der Waals surface area contributed by atoms with Crippen LogP contribution in [0.5, 0.6) is 0 Å². The van der Waals surface area contributed by atoms with E-state index in [4.69, 9.17) is 4.42 Å². The quantitative estimate of drug-likeness (QED) is 0.696. The normalized spacial score (nSPS) is 17.1. The minimum atomic E-state index is -0.264. The van der Waals surface area contributed by atoms with Crippen LogP contribution in [0.15, 0.2) is 59.3 Å². The monoisotopic (exact) mass is 365 g/mol. The van der Waals surface area contributed by atoms with Crippen LogP contribution >= 0.6 is 0 Å². The highest BCUT2D eigenvalue weighted by Gasteiger charge is 2.32. The molecular formula is C21H20FN3O2. The van der Waals surface area contributed by atoms with Gasteiger partial charge in [-0.2, -0.15) is 0 Å². The Hall–Kier alpha value is -3.02. The maximum Gasteiger partial charge on any atom is 0.273 e. The molecule has 138 valence electrons. The van der Waals surface area contributed by atoms with Gasteiger partial charge in [0, 0.05) is 19.2 Å². The van der Waals surface area contributed by atoms with Crippen molar-refractivity contribution in [2.24, 2.45) is 0 Å². The van der Waals surface area contributed by atoms with Crippen molar-refractivity contribution in [2.45, 2.75) is 31.7 Å². The lowest BCUT2D eigenvalue weighted by molar-refractivity contribution is 0.0564. The minimum absolute atomic E-state index is 0.117. The van der Waals surface area contributed by atoms with Crippen molar-refractivity contribution in [3.05, 3.63) is 83.6 Å². The zero-order valence-corrected chi connectivity index (χ0v) is 14.8. The fourth-order valence-corrected chi connectivity index (χ4v) is 3.46. The van der Waals surface area contributed by atoms with Crippen LogP contribution in [0.4, 0.5) is 4.39 Å². The number of likely N-dealkylation sites (tertiary alicyclic amines) is 1. The number of rotatable bonds is 4. The lowest BCUT2D eigenvalue weighted by Crippen LogP contribution is -2.39. The van der Waals surface area contributed by atoms with Crippen molar-refractivity contribution in [2.75, 3.05) is 6.54 Å². The summed E-state index contributed by atoms with van der Waals surface area (Å²) in [4.78, 5) is 23.2. The van der Waals surface area contributed by atoms with Crippen molar-refractivity contribution in [1.82, 2.24) is 14.9 Å². The first-order valence-corrected chi connectivity index (χ1v) is 9.12. The number of pyridine rings is 1. The van der Waals surface area contributed by atoms with E-state index in [9.17, 15) is 9.18 Å². The molecule has 3 aromatic rings. The predicted octanol–water partition coefficient (Wildman–Crippen LogP) is 4.17. The molecule has 1 fully saturated rings. The van der Waals surface area contributed by atoms with Crippen LogP contribution in [-0.2, 0) is 6.42 Å². The Morgan fingerprint density at radius 2 is 2.00 bits per heavy atom. The van der Waals surface area contributed by atoms with Crippen LogP contribution in [0.1, 0.15) is 53.0 Å². The first-order valence-electron chi connectivity index (χ1n) is 9.12. The molecule has 27 heavy (non-hydrogen) atoms. The van der Waals surface area contributed by atoms with Gasteiger partial charge in [0.05, 0.1) is 6.20 Å². The molecule has 2 aromatic heterocycles. The molecule has 0 radical (unpaired) electrons. The Labute approximate surface area is 156 Å². The molecule has 1 amide bonds. The van der Waals surface area contributed by atoms with Gasteiger partial charge in [-0.05, 0) is 43.0 Å². The van der Waals surface area contributed by atoms with Crippen LogP contribution < -0.4 is 0 Å². The molecule has 0 unspecified atom stereocenters. The highest BCUT2D eigenvalue weighted by molar-refractivity contribution is 5.92. The summed E-state index contributed by atoms with van der Waals surface area (Å²) in [7, 11) is 0. The van der Waals surface area contributed by atoms with Gasteiger partial charge in [-0.3, -0.25) is 9.78 Å². The summed E-state index contributed by atoms with van der Waals surface area (Å²) < 4.78 is 19.8. The van der Waals surface area contributed by atoms with Crippen molar-refractivity contribution in [3.8, 4) is 0 Å². The van der Waals surface area contributed by atoms with Crippen LogP contribution in [-0.4, -0.2) is 27.3 Å². The van der Waals surface area contributed by atoms with E-state index in [1.165, 1.54) is 6.07 Å². The fourth-order valence-electron chi connectivity index (χ4n) is 3.46. The van der Waals surface area contributed by atoms with Crippen molar-refractivity contribution >= 4 is 5.91 Å². The molecule has 0 bridgehead atoms. The van der Waals surface area contributed by atoms with Crippen LogP contribution in [0, 0.1) is 5.82 Å². The zero-order chi connectivity index (χ0) is 18.6. The third kappa shape index (κ3) is 3.74. The average Bonchev–Trinajstić information content (AvgIpc) is 3.18. The second-order valence-electron chi connectivity index (χ2n) is 6.66. The standard InChI is InChI=1S/C21H20FN3O2/c22-17-8-2-1-7-15(17)13-16-14-24-20(27-16)19-10-4-6-12-25(19)21(26)18-9-3-5-11-23-18/h1-3,5,7-9,11,14,19H,4,6,10,12-13H2/t19-/m0/s1. The number of hydrogen-bond donors (Lipinski definition) is 0. The summed E-state index contributed by atoms with van der Waals surface area (Å²) in [5.74, 6) is 0.713. The summed E-state index contributed by atoms with van der Waals surface area (Å²) in [5.41, 5.74) is 0.979. The summed E-state index contributed by atoms with van der Waals surface area (Å²) in [6, 6.07) is 11.7. The number of benzene rings is 1. The molecule has 0 spiro atoms. The first-order chi connectivity index (χ1) is 13.2. The van der Waals surface area contributed by atoms with Gasteiger partial charge in [-0.1, -0.05) is 24.3 Å². The molecular weight excluding hydrogens is 345 g/mol. The van der Waals surface area contributed by atoms with E-state index in [1.54, 1.807) is 53.7 Å². The molecule has 1 saturated heterocycles. The maximum atomic E-state index is 13.9. The van der Waals surface area contributed by atoms with Crippen LogP contribution in [0.2, 0.25) is 0 Å². The number of carbonyl (C=O) groups is 1. The molecule has 0 saturated carbocycles. The molecule has 1 atom stereocenters. The van der Waals surface area contributed by atoms with Gasteiger partial charge < -0.3 is 9.32 Å². The Balaban J connectivity index is 1.55. The Morgan fingerprint density at radius 1 is 1.15 bits per heavy atom. The fraction of sp³-hybridized carbons (Fsp3) is 0.286. The lowest BCUT2D eigenvalue weighted by Gasteiger charge is -2.33. The average molecular weight is 365 g/mol.